The number of benzene rings is 1. The quantitative estimate of drug-likeness (QED) is 0.640. The van der Waals surface area contributed by atoms with Crippen LogP contribution in [0.3, 0.4) is 0 Å². The predicted molar refractivity (Wildman–Crippen MR) is 86.3 cm³/mol. The Hall–Kier alpha value is -2.43. The predicted octanol–water partition coefficient (Wildman–Crippen LogP) is 3.68. The normalized spacial score (nSPS) is 15.8. The first-order valence-corrected chi connectivity index (χ1v) is 7.56. The molecular weight excluding hydrogens is 278 g/mol. The van der Waals surface area contributed by atoms with Crippen LogP contribution < -0.4 is 4.90 Å². The minimum absolute atomic E-state index is 0.0403. The lowest BCUT2D eigenvalue weighted by Crippen LogP contribution is -2.33. The maximum atomic E-state index is 10.7. The van der Waals surface area contributed by atoms with Gasteiger partial charge in [-0.1, -0.05) is 24.3 Å². The lowest BCUT2D eigenvalue weighted by atomic mass is 9.87. The van der Waals surface area contributed by atoms with Gasteiger partial charge in [-0.25, -0.2) is 4.98 Å². The molecule has 0 aliphatic carbocycles. The van der Waals surface area contributed by atoms with Crippen LogP contribution >= 0.6 is 0 Å². The Labute approximate surface area is 129 Å². The van der Waals surface area contributed by atoms with E-state index in [1.54, 1.807) is 6.07 Å². The van der Waals surface area contributed by atoms with Crippen molar-refractivity contribution in [1.82, 2.24) is 4.98 Å². The van der Waals surface area contributed by atoms with Crippen LogP contribution in [0.1, 0.15) is 29.9 Å². The summed E-state index contributed by atoms with van der Waals surface area (Å²) >= 11 is 0. The van der Waals surface area contributed by atoms with Gasteiger partial charge in [0.25, 0.3) is 5.69 Å². The molecule has 1 aromatic heterocycles. The number of nitro groups is 1. The summed E-state index contributed by atoms with van der Waals surface area (Å²) in [7, 11) is 0. The molecule has 1 fully saturated rings. The van der Waals surface area contributed by atoms with Crippen LogP contribution in [0.4, 0.5) is 11.5 Å². The van der Waals surface area contributed by atoms with Crippen LogP contribution in [0.15, 0.2) is 42.6 Å². The Kier molecular flexibility index (Phi) is 4.04. The molecule has 5 heteroatoms. The monoisotopic (exact) mass is 297 g/mol. The van der Waals surface area contributed by atoms with Gasteiger partial charge in [0, 0.05) is 19.2 Å². The van der Waals surface area contributed by atoms with Crippen molar-refractivity contribution in [3.63, 3.8) is 0 Å². The summed E-state index contributed by atoms with van der Waals surface area (Å²) in [5.74, 6) is 1.42. The largest absolute Gasteiger partial charge is 0.357 e. The zero-order chi connectivity index (χ0) is 15.5. The molecule has 0 N–H and O–H groups in total. The summed E-state index contributed by atoms with van der Waals surface area (Å²) in [4.78, 5) is 16.7. The van der Waals surface area contributed by atoms with Crippen molar-refractivity contribution in [2.24, 2.45) is 0 Å². The van der Waals surface area contributed by atoms with Crippen molar-refractivity contribution < 1.29 is 4.92 Å². The number of aromatic nitrogens is 1. The highest BCUT2D eigenvalue weighted by molar-refractivity contribution is 5.43. The van der Waals surface area contributed by atoms with Crippen molar-refractivity contribution in [2.75, 3.05) is 18.0 Å². The van der Waals surface area contributed by atoms with E-state index in [2.05, 4.69) is 41.1 Å². The number of aryl methyl sites for hydroxylation is 1. The van der Waals surface area contributed by atoms with Gasteiger partial charge in [0.15, 0.2) is 0 Å². The zero-order valence-corrected chi connectivity index (χ0v) is 12.6. The van der Waals surface area contributed by atoms with E-state index >= 15 is 0 Å². The lowest BCUT2D eigenvalue weighted by molar-refractivity contribution is -0.385. The third kappa shape index (κ3) is 2.93. The first kappa shape index (κ1) is 14.5. The molecule has 1 aromatic carbocycles. The first-order chi connectivity index (χ1) is 10.6. The van der Waals surface area contributed by atoms with Gasteiger partial charge in [0.2, 0.25) is 0 Å². The van der Waals surface area contributed by atoms with E-state index in [0.717, 1.165) is 31.7 Å². The summed E-state index contributed by atoms with van der Waals surface area (Å²) < 4.78 is 0. The molecule has 0 spiro atoms. The van der Waals surface area contributed by atoms with Gasteiger partial charge in [0.1, 0.15) is 12.0 Å². The fourth-order valence-electron chi connectivity index (χ4n) is 3.14. The van der Waals surface area contributed by atoms with E-state index in [1.165, 1.54) is 23.4 Å². The Morgan fingerprint density at radius 2 is 1.91 bits per heavy atom. The molecule has 22 heavy (non-hydrogen) atoms. The molecule has 0 bridgehead atoms. The van der Waals surface area contributed by atoms with Crippen LogP contribution in [0.5, 0.6) is 0 Å². The first-order valence-electron chi connectivity index (χ1n) is 7.56. The number of nitrogens with zero attached hydrogens (tertiary/aromatic N) is 3. The van der Waals surface area contributed by atoms with Gasteiger partial charge in [-0.2, -0.15) is 0 Å². The van der Waals surface area contributed by atoms with E-state index in [9.17, 15) is 10.1 Å². The van der Waals surface area contributed by atoms with Crippen molar-refractivity contribution in [1.29, 1.82) is 0 Å². The minimum atomic E-state index is -0.415. The molecular formula is C17H19N3O2. The van der Waals surface area contributed by atoms with Gasteiger partial charge in [-0.05, 0) is 42.9 Å². The SMILES string of the molecule is Cc1ccccc1C1CCN(c2ccc([N+](=O)[O-])cn2)CC1. The second-order valence-electron chi connectivity index (χ2n) is 5.75. The van der Waals surface area contributed by atoms with Crippen molar-refractivity contribution in [3.05, 3.63) is 63.8 Å². The van der Waals surface area contributed by atoms with Gasteiger partial charge in [0.05, 0.1) is 4.92 Å². The van der Waals surface area contributed by atoms with E-state index in [1.807, 2.05) is 0 Å². The van der Waals surface area contributed by atoms with Gasteiger partial charge >= 0.3 is 0 Å². The smallest absolute Gasteiger partial charge is 0.287 e. The minimum Gasteiger partial charge on any atom is -0.357 e. The molecule has 0 amide bonds. The molecule has 3 rings (SSSR count). The second kappa shape index (κ2) is 6.13. The molecule has 2 heterocycles. The van der Waals surface area contributed by atoms with Crippen LogP contribution in [0.25, 0.3) is 0 Å². The Balaban J connectivity index is 1.66. The molecule has 0 atom stereocenters. The molecule has 0 saturated carbocycles. The van der Waals surface area contributed by atoms with E-state index < -0.39 is 4.92 Å². The van der Waals surface area contributed by atoms with E-state index in [0.29, 0.717) is 5.92 Å². The number of anilines is 1. The van der Waals surface area contributed by atoms with Crippen molar-refractivity contribution in [3.8, 4) is 0 Å². The van der Waals surface area contributed by atoms with Gasteiger partial charge in [-0.15, -0.1) is 0 Å². The summed E-state index contributed by atoms with van der Waals surface area (Å²) in [5.41, 5.74) is 2.84. The zero-order valence-electron chi connectivity index (χ0n) is 12.6. The second-order valence-corrected chi connectivity index (χ2v) is 5.75. The molecule has 1 aliphatic heterocycles. The standard InChI is InChI=1S/C17H19N3O2/c1-13-4-2-3-5-16(13)14-8-10-19(11-9-14)17-7-6-15(12-18-17)20(21)22/h2-7,12,14H,8-11H2,1H3. The summed E-state index contributed by atoms with van der Waals surface area (Å²) in [6.45, 7) is 4.03. The molecule has 5 nitrogen and oxygen atoms in total. The van der Waals surface area contributed by atoms with Crippen LogP contribution in [0.2, 0.25) is 0 Å². The van der Waals surface area contributed by atoms with Gasteiger partial charge < -0.3 is 4.90 Å². The number of hydrogen-bond donors (Lipinski definition) is 0. The highest BCUT2D eigenvalue weighted by Gasteiger charge is 2.22. The highest BCUT2D eigenvalue weighted by Crippen LogP contribution is 2.31. The maximum Gasteiger partial charge on any atom is 0.287 e. The van der Waals surface area contributed by atoms with Gasteiger partial charge in [-0.3, -0.25) is 10.1 Å². The molecule has 1 saturated heterocycles. The lowest BCUT2D eigenvalue weighted by Gasteiger charge is -2.33. The fraction of sp³-hybridized carbons (Fsp3) is 0.353. The summed E-state index contributed by atoms with van der Waals surface area (Å²) in [6.07, 6.45) is 3.51. The average Bonchev–Trinajstić information content (AvgIpc) is 2.56. The third-order valence-corrected chi connectivity index (χ3v) is 4.39. The van der Waals surface area contributed by atoms with E-state index in [4.69, 9.17) is 0 Å². The average molecular weight is 297 g/mol. The Morgan fingerprint density at radius 3 is 2.50 bits per heavy atom. The van der Waals surface area contributed by atoms with Crippen LogP contribution in [-0.2, 0) is 0 Å². The number of piperidine rings is 1. The van der Waals surface area contributed by atoms with E-state index in [-0.39, 0.29) is 5.69 Å². The fourth-order valence-corrected chi connectivity index (χ4v) is 3.14. The molecule has 2 aromatic rings. The van der Waals surface area contributed by atoms with Crippen LogP contribution in [-0.4, -0.2) is 23.0 Å². The molecule has 0 radical (unpaired) electrons. The summed E-state index contributed by atoms with van der Waals surface area (Å²) in [5, 5.41) is 10.7. The van der Waals surface area contributed by atoms with Crippen molar-refractivity contribution >= 4 is 11.5 Å². The maximum absolute atomic E-state index is 10.7. The molecule has 0 unspecified atom stereocenters. The number of rotatable bonds is 3. The Bertz CT molecular complexity index is 662. The highest BCUT2D eigenvalue weighted by atomic mass is 16.6. The molecule has 1 aliphatic rings. The third-order valence-electron chi connectivity index (χ3n) is 4.39. The molecule has 114 valence electrons. The van der Waals surface area contributed by atoms with Crippen molar-refractivity contribution in [2.45, 2.75) is 25.7 Å². The summed E-state index contributed by atoms with van der Waals surface area (Å²) in [6, 6.07) is 11.8. The Morgan fingerprint density at radius 1 is 1.18 bits per heavy atom. The number of pyridine rings is 1. The topological polar surface area (TPSA) is 59.3 Å². The van der Waals surface area contributed by atoms with Crippen LogP contribution in [0, 0.1) is 17.0 Å². The number of hydrogen-bond acceptors (Lipinski definition) is 4.